The van der Waals surface area contributed by atoms with Gasteiger partial charge >= 0.3 is 0 Å². The Morgan fingerprint density at radius 2 is 2.13 bits per heavy atom. The zero-order valence-corrected chi connectivity index (χ0v) is 20.8. The molecule has 0 spiro atoms. The lowest BCUT2D eigenvalue weighted by atomic mass is 10.1. The number of likely N-dealkylation sites (tertiary alicyclic amines) is 1. The van der Waals surface area contributed by atoms with Gasteiger partial charge in [-0.1, -0.05) is 19.1 Å². The molecule has 8 heteroatoms. The number of nitrogens with zero attached hydrogens (tertiary/aromatic N) is 2. The van der Waals surface area contributed by atoms with E-state index in [-0.39, 0.29) is 36.0 Å². The van der Waals surface area contributed by atoms with E-state index in [0.717, 1.165) is 43.1 Å². The highest BCUT2D eigenvalue weighted by Crippen LogP contribution is 2.19. The Bertz CT molecular complexity index is 721. The number of rotatable bonds is 6. The number of benzene rings is 1. The summed E-state index contributed by atoms with van der Waals surface area (Å²) in [6.07, 6.45) is 1.42. The van der Waals surface area contributed by atoms with E-state index < -0.39 is 0 Å². The summed E-state index contributed by atoms with van der Waals surface area (Å²) in [5.41, 5.74) is 1.88. The van der Waals surface area contributed by atoms with Crippen molar-refractivity contribution in [1.82, 2.24) is 15.5 Å². The summed E-state index contributed by atoms with van der Waals surface area (Å²) in [6.45, 7) is 10.2. The van der Waals surface area contributed by atoms with Gasteiger partial charge in [-0.2, -0.15) is 0 Å². The lowest BCUT2D eigenvalue weighted by Crippen LogP contribution is -2.46. The number of hydrogen-bond acceptors (Lipinski definition) is 4. The second-order valence-electron chi connectivity index (χ2n) is 8.39. The summed E-state index contributed by atoms with van der Waals surface area (Å²) in [6, 6.07) is 8.85. The van der Waals surface area contributed by atoms with Crippen molar-refractivity contribution in [3.05, 3.63) is 29.8 Å². The van der Waals surface area contributed by atoms with E-state index in [4.69, 9.17) is 4.74 Å². The van der Waals surface area contributed by atoms with Crippen molar-refractivity contribution in [2.45, 2.75) is 58.3 Å². The molecule has 1 aromatic rings. The molecular formula is C22H36IN5O2. The molecule has 3 rings (SSSR count). The SMILES string of the molecule is CN=C(NCc1cccc(NC(=O)C2CCCO2)c1)NC1CN(C(C)C)CC1C.I. The van der Waals surface area contributed by atoms with Crippen LogP contribution in [0.2, 0.25) is 0 Å². The molecular weight excluding hydrogens is 493 g/mol. The summed E-state index contributed by atoms with van der Waals surface area (Å²) < 4.78 is 5.45. The summed E-state index contributed by atoms with van der Waals surface area (Å²) in [5, 5.41) is 9.92. The fourth-order valence-electron chi connectivity index (χ4n) is 3.94. The first-order valence-corrected chi connectivity index (χ1v) is 10.7. The Labute approximate surface area is 197 Å². The number of amides is 1. The van der Waals surface area contributed by atoms with Gasteiger partial charge in [0.05, 0.1) is 0 Å². The summed E-state index contributed by atoms with van der Waals surface area (Å²) in [4.78, 5) is 19.1. The number of hydrogen-bond donors (Lipinski definition) is 3. The van der Waals surface area contributed by atoms with Crippen LogP contribution in [-0.2, 0) is 16.1 Å². The molecule has 2 heterocycles. The first-order valence-electron chi connectivity index (χ1n) is 10.7. The van der Waals surface area contributed by atoms with Gasteiger partial charge in [0, 0.05) is 51.1 Å². The normalized spacial score (nSPS) is 24.6. The van der Waals surface area contributed by atoms with Gasteiger partial charge in [0.15, 0.2) is 5.96 Å². The van der Waals surface area contributed by atoms with E-state index in [0.29, 0.717) is 31.2 Å². The Kier molecular flexibility index (Phi) is 9.83. The van der Waals surface area contributed by atoms with E-state index >= 15 is 0 Å². The highest BCUT2D eigenvalue weighted by atomic mass is 127. The highest BCUT2D eigenvalue weighted by Gasteiger charge is 2.31. The predicted molar refractivity (Wildman–Crippen MR) is 132 cm³/mol. The van der Waals surface area contributed by atoms with Crippen LogP contribution in [0.1, 0.15) is 39.2 Å². The molecule has 0 aliphatic carbocycles. The first kappa shape index (κ1) is 24.9. The number of guanidine groups is 1. The molecule has 2 aliphatic heterocycles. The third-order valence-electron chi connectivity index (χ3n) is 5.79. The largest absolute Gasteiger partial charge is 0.368 e. The van der Waals surface area contributed by atoms with Crippen LogP contribution in [-0.4, -0.2) is 61.7 Å². The number of halogens is 1. The van der Waals surface area contributed by atoms with Crippen molar-refractivity contribution < 1.29 is 9.53 Å². The van der Waals surface area contributed by atoms with Crippen molar-refractivity contribution in [3.63, 3.8) is 0 Å². The van der Waals surface area contributed by atoms with Crippen LogP contribution in [0, 0.1) is 5.92 Å². The molecule has 3 atom stereocenters. The molecule has 7 nitrogen and oxygen atoms in total. The van der Waals surface area contributed by atoms with E-state index in [1.54, 1.807) is 7.05 Å². The second-order valence-corrected chi connectivity index (χ2v) is 8.39. The molecule has 2 saturated heterocycles. The van der Waals surface area contributed by atoms with Crippen LogP contribution >= 0.6 is 24.0 Å². The van der Waals surface area contributed by atoms with Crippen LogP contribution in [0.4, 0.5) is 5.69 Å². The molecule has 0 saturated carbocycles. The number of ether oxygens (including phenoxy) is 1. The average Bonchev–Trinajstić information content (AvgIpc) is 3.36. The standard InChI is InChI=1S/C22H35N5O2.HI/c1-15(2)27-13-16(3)19(14-27)26-22(23-4)24-12-17-7-5-8-18(11-17)25-21(28)20-9-6-10-29-20;/h5,7-8,11,15-16,19-20H,6,9-10,12-14H2,1-4H3,(H,25,28)(H2,23,24,26);1H. The van der Waals surface area contributed by atoms with Crippen molar-refractivity contribution in [1.29, 1.82) is 0 Å². The minimum atomic E-state index is -0.321. The summed E-state index contributed by atoms with van der Waals surface area (Å²) in [5.74, 6) is 1.32. The van der Waals surface area contributed by atoms with Crippen molar-refractivity contribution in [2.75, 3.05) is 32.1 Å². The molecule has 1 aromatic carbocycles. The third kappa shape index (κ3) is 6.81. The fraction of sp³-hybridized carbons (Fsp3) is 0.636. The van der Waals surface area contributed by atoms with Gasteiger partial charge in [-0.25, -0.2) is 0 Å². The number of aliphatic imine (C=N–C) groups is 1. The van der Waals surface area contributed by atoms with Gasteiger partial charge in [-0.3, -0.25) is 14.7 Å². The Morgan fingerprint density at radius 3 is 2.77 bits per heavy atom. The van der Waals surface area contributed by atoms with Crippen molar-refractivity contribution in [2.24, 2.45) is 10.9 Å². The van der Waals surface area contributed by atoms with Gasteiger partial charge in [0.1, 0.15) is 6.10 Å². The Balaban J connectivity index is 0.00000320. The molecule has 3 unspecified atom stereocenters. The minimum Gasteiger partial charge on any atom is -0.368 e. The van der Waals surface area contributed by atoms with Crippen molar-refractivity contribution in [3.8, 4) is 0 Å². The van der Waals surface area contributed by atoms with Gasteiger partial charge in [-0.15, -0.1) is 24.0 Å². The lowest BCUT2D eigenvalue weighted by Gasteiger charge is -2.22. The Hall–Kier alpha value is -1.39. The highest BCUT2D eigenvalue weighted by molar-refractivity contribution is 14.0. The topological polar surface area (TPSA) is 78.0 Å². The maximum absolute atomic E-state index is 12.3. The van der Waals surface area contributed by atoms with Crippen LogP contribution in [0.5, 0.6) is 0 Å². The molecule has 0 aromatic heterocycles. The molecule has 1 amide bonds. The molecule has 3 N–H and O–H groups in total. The molecule has 2 aliphatic rings. The van der Waals surface area contributed by atoms with E-state index in [2.05, 4.69) is 46.6 Å². The number of carbonyl (C=O) groups is 1. The zero-order chi connectivity index (χ0) is 20.8. The van der Waals surface area contributed by atoms with Crippen LogP contribution in [0.3, 0.4) is 0 Å². The van der Waals surface area contributed by atoms with Crippen molar-refractivity contribution >= 4 is 41.5 Å². The molecule has 0 bridgehead atoms. The third-order valence-corrected chi connectivity index (χ3v) is 5.79. The quantitative estimate of drug-likeness (QED) is 0.300. The maximum atomic E-state index is 12.3. The van der Waals surface area contributed by atoms with Gasteiger partial charge in [-0.05, 0) is 50.3 Å². The smallest absolute Gasteiger partial charge is 0.253 e. The summed E-state index contributed by atoms with van der Waals surface area (Å²) in [7, 11) is 1.80. The van der Waals surface area contributed by atoms with Gasteiger partial charge in [0.25, 0.3) is 5.91 Å². The second kappa shape index (κ2) is 11.9. The fourth-order valence-corrected chi connectivity index (χ4v) is 3.94. The van der Waals surface area contributed by atoms with Crippen LogP contribution in [0.15, 0.2) is 29.3 Å². The zero-order valence-electron chi connectivity index (χ0n) is 18.5. The van der Waals surface area contributed by atoms with Gasteiger partial charge in [0.2, 0.25) is 0 Å². The first-order chi connectivity index (χ1) is 14.0. The lowest BCUT2D eigenvalue weighted by molar-refractivity contribution is -0.124. The van der Waals surface area contributed by atoms with E-state index in [1.165, 1.54) is 0 Å². The number of carbonyl (C=O) groups excluding carboxylic acids is 1. The monoisotopic (exact) mass is 529 g/mol. The van der Waals surface area contributed by atoms with Crippen LogP contribution in [0.25, 0.3) is 0 Å². The predicted octanol–water partition coefficient (Wildman–Crippen LogP) is 2.82. The number of anilines is 1. The molecule has 2 fully saturated rings. The number of nitrogens with one attached hydrogen (secondary N) is 3. The summed E-state index contributed by atoms with van der Waals surface area (Å²) >= 11 is 0. The molecule has 168 valence electrons. The maximum Gasteiger partial charge on any atom is 0.253 e. The minimum absolute atomic E-state index is 0. The van der Waals surface area contributed by atoms with E-state index in [9.17, 15) is 4.79 Å². The average molecular weight is 529 g/mol. The van der Waals surface area contributed by atoms with E-state index in [1.807, 2.05) is 24.3 Å². The van der Waals surface area contributed by atoms with Gasteiger partial charge < -0.3 is 20.7 Å². The van der Waals surface area contributed by atoms with Crippen LogP contribution < -0.4 is 16.0 Å². The molecule has 30 heavy (non-hydrogen) atoms. The Morgan fingerprint density at radius 1 is 1.33 bits per heavy atom. The molecule has 0 radical (unpaired) electrons.